The molecule has 1 fully saturated rings. The predicted molar refractivity (Wildman–Crippen MR) is 80.5 cm³/mol. The van der Waals surface area contributed by atoms with Crippen LogP contribution in [0.3, 0.4) is 0 Å². The van der Waals surface area contributed by atoms with Crippen molar-refractivity contribution in [2.24, 2.45) is 5.73 Å². The van der Waals surface area contributed by atoms with Crippen molar-refractivity contribution >= 4 is 9.84 Å². The van der Waals surface area contributed by atoms with Crippen molar-refractivity contribution in [1.29, 1.82) is 0 Å². The molecule has 2 N–H and O–H groups in total. The largest absolute Gasteiger partial charge is 0.381 e. The van der Waals surface area contributed by atoms with Crippen molar-refractivity contribution in [2.45, 2.75) is 30.7 Å². The number of sulfone groups is 1. The molecule has 4 nitrogen and oxygen atoms in total. The Bertz CT molecular complexity index is 521. The Hall–Kier alpha value is -0.910. The highest BCUT2D eigenvalue weighted by Gasteiger charge is 2.39. The van der Waals surface area contributed by atoms with Crippen molar-refractivity contribution in [3.05, 3.63) is 35.9 Å². The van der Waals surface area contributed by atoms with E-state index >= 15 is 0 Å². The first-order chi connectivity index (χ1) is 9.44. The first-order valence-electron chi connectivity index (χ1n) is 7.01. The molecule has 0 spiro atoms. The second kappa shape index (κ2) is 6.24. The molecule has 1 aliphatic rings. The van der Waals surface area contributed by atoms with Gasteiger partial charge in [-0.05, 0) is 24.8 Å². The Morgan fingerprint density at radius 1 is 1.25 bits per heavy atom. The topological polar surface area (TPSA) is 69.4 Å². The van der Waals surface area contributed by atoms with Crippen LogP contribution in [0.4, 0.5) is 0 Å². The van der Waals surface area contributed by atoms with E-state index in [-0.39, 0.29) is 17.2 Å². The zero-order chi connectivity index (χ0) is 14.6. The van der Waals surface area contributed by atoms with E-state index in [1.807, 2.05) is 18.2 Å². The van der Waals surface area contributed by atoms with E-state index in [9.17, 15) is 8.42 Å². The SMILES string of the molecule is CS(=O)(=O)CCC(N)C1(c2ccccc2)CCOCC1. The normalized spacial score (nSPS) is 20.5. The van der Waals surface area contributed by atoms with Crippen molar-refractivity contribution < 1.29 is 13.2 Å². The molecule has 0 saturated carbocycles. The molecular weight excluding hydrogens is 274 g/mol. The highest BCUT2D eigenvalue weighted by atomic mass is 32.2. The smallest absolute Gasteiger partial charge is 0.147 e. The highest BCUT2D eigenvalue weighted by Crippen LogP contribution is 2.38. The van der Waals surface area contributed by atoms with Crippen LogP contribution in [0.15, 0.2) is 30.3 Å². The zero-order valence-electron chi connectivity index (χ0n) is 11.9. The maximum atomic E-state index is 11.4. The number of nitrogens with two attached hydrogens (primary N) is 1. The lowest BCUT2D eigenvalue weighted by atomic mass is 9.68. The van der Waals surface area contributed by atoms with Crippen LogP contribution in [0.2, 0.25) is 0 Å². The maximum Gasteiger partial charge on any atom is 0.147 e. The minimum atomic E-state index is -2.98. The quantitative estimate of drug-likeness (QED) is 0.894. The van der Waals surface area contributed by atoms with Crippen LogP contribution in [0.25, 0.3) is 0 Å². The van der Waals surface area contributed by atoms with Crippen molar-refractivity contribution in [1.82, 2.24) is 0 Å². The molecule has 1 aromatic rings. The third-order valence-electron chi connectivity index (χ3n) is 4.24. The fraction of sp³-hybridized carbons (Fsp3) is 0.600. The van der Waals surface area contributed by atoms with Gasteiger partial charge < -0.3 is 10.5 Å². The molecule has 0 bridgehead atoms. The molecule has 1 unspecified atom stereocenters. The molecule has 1 aromatic carbocycles. The van der Waals surface area contributed by atoms with Crippen LogP contribution in [-0.4, -0.2) is 39.7 Å². The summed E-state index contributed by atoms with van der Waals surface area (Å²) in [6, 6.07) is 10.0. The monoisotopic (exact) mass is 297 g/mol. The van der Waals surface area contributed by atoms with E-state index in [0.717, 1.165) is 12.8 Å². The fourth-order valence-corrected chi connectivity index (χ4v) is 3.68. The van der Waals surface area contributed by atoms with E-state index in [1.165, 1.54) is 11.8 Å². The van der Waals surface area contributed by atoms with Crippen molar-refractivity contribution in [2.75, 3.05) is 25.2 Å². The van der Waals surface area contributed by atoms with Gasteiger partial charge in [0.15, 0.2) is 0 Å². The van der Waals surface area contributed by atoms with Gasteiger partial charge >= 0.3 is 0 Å². The third-order valence-corrected chi connectivity index (χ3v) is 5.22. The summed E-state index contributed by atoms with van der Waals surface area (Å²) in [6.07, 6.45) is 3.45. The standard InChI is InChI=1S/C15H23NO3S/c1-20(17,18)12-7-14(16)15(8-10-19-11-9-15)13-5-3-2-4-6-13/h2-6,14H,7-12,16H2,1H3. The first-order valence-corrected chi connectivity index (χ1v) is 9.07. The number of benzene rings is 1. The molecule has 1 atom stereocenters. The maximum absolute atomic E-state index is 11.4. The van der Waals surface area contributed by atoms with Gasteiger partial charge in [0, 0.05) is 30.9 Å². The Labute approximate surface area is 121 Å². The first kappa shape index (κ1) is 15.5. The van der Waals surface area contributed by atoms with Crippen LogP contribution in [0.1, 0.15) is 24.8 Å². The highest BCUT2D eigenvalue weighted by molar-refractivity contribution is 7.90. The third kappa shape index (κ3) is 3.59. The van der Waals surface area contributed by atoms with Crippen LogP contribution in [0.5, 0.6) is 0 Å². The Kier molecular flexibility index (Phi) is 4.83. The zero-order valence-corrected chi connectivity index (χ0v) is 12.7. The summed E-state index contributed by atoms with van der Waals surface area (Å²) < 4.78 is 28.2. The lowest BCUT2D eigenvalue weighted by molar-refractivity contribution is 0.0396. The second-order valence-electron chi connectivity index (χ2n) is 5.66. The Balaban J connectivity index is 2.23. The van der Waals surface area contributed by atoms with E-state index in [1.54, 1.807) is 0 Å². The van der Waals surface area contributed by atoms with Gasteiger partial charge in [0.1, 0.15) is 9.84 Å². The average Bonchev–Trinajstić information content (AvgIpc) is 2.45. The molecule has 0 aliphatic carbocycles. The van der Waals surface area contributed by atoms with Crippen LogP contribution in [-0.2, 0) is 20.0 Å². The Morgan fingerprint density at radius 2 is 1.85 bits per heavy atom. The Morgan fingerprint density at radius 3 is 2.40 bits per heavy atom. The van der Waals surface area contributed by atoms with Crippen LogP contribution >= 0.6 is 0 Å². The van der Waals surface area contributed by atoms with Gasteiger partial charge in [0.05, 0.1) is 5.75 Å². The van der Waals surface area contributed by atoms with E-state index in [2.05, 4.69) is 12.1 Å². The molecule has 20 heavy (non-hydrogen) atoms. The molecule has 0 radical (unpaired) electrons. The van der Waals surface area contributed by atoms with Gasteiger partial charge in [0.2, 0.25) is 0 Å². The molecule has 112 valence electrons. The fourth-order valence-electron chi connectivity index (χ4n) is 3.00. The summed E-state index contributed by atoms with van der Waals surface area (Å²) >= 11 is 0. The van der Waals surface area contributed by atoms with Crippen molar-refractivity contribution in [3.63, 3.8) is 0 Å². The number of ether oxygens (including phenoxy) is 1. The molecule has 0 aromatic heterocycles. The van der Waals surface area contributed by atoms with E-state index in [0.29, 0.717) is 19.6 Å². The minimum Gasteiger partial charge on any atom is -0.381 e. The summed E-state index contributed by atoms with van der Waals surface area (Å²) in [5.41, 5.74) is 7.44. The summed E-state index contributed by atoms with van der Waals surface area (Å²) in [5, 5.41) is 0. The molecule has 1 heterocycles. The lowest BCUT2D eigenvalue weighted by Crippen LogP contribution is -2.49. The number of hydrogen-bond acceptors (Lipinski definition) is 4. The molecule has 1 aliphatic heterocycles. The number of hydrogen-bond donors (Lipinski definition) is 1. The molecule has 1 saturated heterocycles. The van der Waals surface area contributed by atoms with Gasteiger partial charge in [-0.3, -0.25) is 0 Å². The van der Waals surface area contributed by atoms with Crippen molar-refractivity contribution in [3.8, 4) is 0 Å². The summed E-state index contributed by atoms with van der Waals surface area (Å²) in [4.78, 5) is 0. The molecule has 5 heteroatoms. The number of rotatable bonds is 5. The van der Waals surface area contributed by atoms with Gasteiger partial charge in [-0.25, -0.2) is 8.42 Å². The van der Waals surface area contributed by atoms with Gasteiger partial charge in [0.25, 0.3) is 0 Å². The predicted octanol–water partition coefficient (Wildman–Crippen LogP) is 1.50. The lowest BCUT2D eigenvalue weighted by Gasteiger charge is -2.42. The van der Waals surface area contributed by atoms with Gasteiger partial charge in [-0.1, -0.05) is 30.3 Å². The van der Waals surface area contributed by atoms with E-state index < -0.39 is 9.84 Å². The summed E-state index contributed by atoms with van der Waals surface area (Å²) in [7, 11) is -2.98. The van der Waals surface area contributed by atoms with Gasteiger partial charge in [-0.15, -0.1) is 0 Å². The molecular formula is C15H23NO3S. The summed E-state index contributed by atoms with van der Waals surface area (Å²) in [6.45, 7) is 1.36. The second-order valence-corrected chi connectivity index (χ2v) is 7.92. The van der Waals surface area contributed by atoms with Crippen LogP contribution in [0, 0.1) is 0 Å². The van der Waals surface area contributed by atoms with E-state index in [4.69, 9.17) is 10.5 Å². The molecule has 0 amide bonds. The minimum absolute atomic E-state index is 0.142. The van der Waals surface area contributed by atoms with Crippen LogP contribution < -0.4 is 5.73 Å². The summed E-state index contributed by atoms with van der Waals surface area (Å²) in [5.74, 6) is 0.142. The van der Waals surface area contributed by atoms with Gasteiger partial charge in [-0.2, -0.15) is 0 Å². The molecule has 2 rings (SSSR count). The average molecular weight is 297 g/mol.